The van der Waals surface area contributed by atoms with Gasteiger partial charge in [0.2, 0.25) is 0 Å². The van der Waals surface area contributed by atoms with Crippen LogP contribution in [0.1, 0.15) is 26.3 Å². The van der Waals surface area contributed by atoms with Crippen molar-refractivity contribution in [2.45, 2.75) is 26.2 Å². The molecule has 0 fully saturated rings. The summed E-state index contributed by atoms with van der Waals surface area (Å²) < 4.78 is 1.35. The third-order valence-corrected chi connectivity index (χ3v) is 4.48. The molecule has 1 heteroatoms. The number of fused-ring (bicyclic) bond motifs is 2. The zero-order chi connectivity index (χ0) is 13.6. The van der Waals surface area contributed by atoms with Gasteiger partial charge >= 0.3 is 0 Å². The molecule has 3 aromatic rings. The molecule has 0 aromatic heterocycles. The van der Waals surface area contributed by atoms with Gasteiger partial charge in [-0.3, -0.25) is 0 Å². The van der Waals surface area contributed by atoms with Crippen LogP contribution in [0, 0.1) is 3.57 Å². The van der Waals surface area contributed by atoms with E-state index in [0.29, 0.717) is 0 Å². The van der Waals surface area contributed by atoms with E-state index in [1.807, 2.05) is 0 Å². The van der Waals surface area contributed by atoms with Crippen LogP contribution < -0.4 is 0 Å². The largest absolute Gasteiger partial charge is 0.0616 e. The van der Waals surface area contributed by atoms with E-state index in [1.54, 1.807) is 0 Å². The van der Waals surface area contributed by atoms with Gasteiger partial charge in [0.1, 0.15) is 0 Å². The van der Waals surface area contributed by atoms with Gasteiger partial charge in [0.05, 0.1) is 0 Å². The lowest BCUT2D eigenvalue weighted by Gasteiger charge is -2.23. The molecule has 0 heterocycles. The summed E-state index contributed by atoms with van der Waals surface area (Å²) in [6, 6.07) is 17.7. The second-order valence-electron chi connectivity index (χ2n) is 6.09. The molecule has 0 aliphatic carbocycles. The molecule has 0 aliphatic heterocycles. The Kier molecular flexibility index (Phi) is 3.05. The summed E-state index contributed by atoms with van der Waals surface area (Å²) in [7, 11) is 0. The molecule has 3 rings (SSSR count). The van der Waals surface area contributed by atoms with Gasteiger partial charge in [0, 0.05) is 3.57 Å². The Labute approximate surface area is 128 Å². The predicted molar refractivity (Wildman–Crippen MR) is 92.9 cm³/mol. The molecular formula is C18H17I. The highest BCUT2D eigenvalue weighted by Gasteiger charge is 2.20. The minimum Gasteiger partial charge on any atom is -0.0616 e. The van der Waals surface area contributed by atoms with Crippen molar-refractivity contribution in [2.75, 3.05) is 0 Å². The lowest BCUT2D eigenvalue weighted by Crippen LogP contribution is -2.13. The summed E-state index contributed by atoms with van der Waals surface area (Å²) >= 11 is 2.46. The maximum absolute atomic E-state index is 2.46. The summed E-state index contributed by atoms with van der Waals surface area (Å²) in [6.45, 7) is 6.87. The van der Waals surface area contributed by atoms with Gasteiger partial charge in [-0.15, -0.1) is 0 Å². The zero-order valence-electron chi connectivity index (χ0n) is 11.5. The normalized spacial score (nSPS) is 12.2. The van der Waals surface area contributed by atoms with Crippen LogP contribution in [-0.2, 0) is 5.41 Å². The van der Waals surface area contributed by atoms with Gasteiger partial charge in [-0.25, -0.2) is 0 Å². The third kappa shape index (κ3) is 2.25. The van der Waals surface area contributed by atoms with Crippen molar-refractivity contribution in [3.05, 3.63) is 57.7 Å². The quantitative estimate of drug-likeness (QED) is 0.346. The van der Waals surface area contributed by atoms with Crippen molar-refractivity contribution in [2.24, 2.45) is 0 Å². The van der Waals surface area contributed by atoms with Crippen molar-refractivity contribution >= 4 is 44.1 Å². The first kappa shape index (κ1) is 12.9. The molecule has 19 heavy (non-hydrogen) atoms. The zero-order valence-corrected chi connectivity index (χ0v) is 13.7. The van der Waals surface area contributed by atoms with Gasteiger partial charge in [0.15, 0.2) is 0 Å². The Hall–Kier alpha value is -1.09. The molecule has 0 N–H and O–H groups in total. The van der Waals surface area contributed by atoms with Crippen LogP contribution in [0.3, 0.4) is 0 Å². The number of rotatable bonds is 0. The molecule has 0 radical (unpaired) electrons. The van der Waals surface area contributed by atoms with Crippen LogP contribution >= 0.6 is 22.6 Å². The summed E-state index contributed by atoms with van der Waals surface area (Å²) in [6.07, 6.45) is 0. The monoisotopic (exact) mass is 360 g/mol. The van der Waals surface area contributed by atoms with Gasteiger partial charge in [-0.2, -0.15) is 0 Å². The Morgan fingerprint density at radius 2 is 1.42 bits per heavy atom. The van der Waals surface area contributed by atoms with E-state index >= 15 is 0 Å². The molecular weight excluding hydrogens is 343 g/mol. The fraction of sp³-hybridized carbons (Fsp3) is 0.222. The highest BCUT2D eigenvalue weighted by atomic mass is 127. The molecule has 0 bridgehead atoms. The molecule has 3 aromatic carbocycles. The van der Waals surface area contributed by atoms with E-state index in [1.165, 1.54) is 30.7 Å². The first-order valence-corrected chi connectivity index (χ1v) is 7.66. The van der Waals surface area contributed by atoms with Crippen LogP contribution in [-0.4, -0.2) is 0 Å². The molecule has 0 spiro atoms. The minimum atomic E-state index is 0.165. The van der Waals surface area contributed by atoms with Crippen LogP contribution in [0.5, 0.6) is 0 Å². The van der Waals surface area contributed by atoms with Crippen molar-refractivity contribution in [3.8, 4) is 0 Å². The minimum absolute atomic E-state index is 0.165. The van der Waals surface area contributed by atoms with Gasteiger partial charge < -0.3 is 0 Å². The Morgan fingerprint density at radius 3 is 2.05 bits per heavy atom. The van der Waals surface area contributed by atoms with Crippen molar-refractivity contribution < 1.29 is 0 Å². The SMILES string of the molecule is CC(C)(C)c1c(I)ccc2cc3ccccc3cc12. The van der Waals surface area contributed by atoms with Gasteiger partial charge in [0.25, 0.3) is 0 Å². The van der Waals surface area contributed by atoms with Crippen LogP contribution in [0.4, 0.5) is 0 Å². The number of benzene rings is 3. The second kappa shape index (κ2) is 4.48. The standard InChI is InChI=1S/C18H17I/c1-18(2,3)17-15-11-13-7-5-4-6-12(13)10-14(15)8-9-16(17)19/h4-11H,1-3H3. The Bertz CT molecular complexity index is 764. The molecule has 0 saturated heterocycles. The summed E-state index contributed by atoms with van der Waals surface area (Å²) in [5, 5.41) is 5.36. The van der Waals surface area contributed by atoms with Crippen molar-refractivity contribution in [1.29, 1.82) is 0 Å². The molecule has 0 nitrogen and oxygen atoms in total. The van der Waals surface area contributed by atoms with Crippen LogP contribution in [0.15, 0.2) is 48.5 Å². The fourth-order valence-corrected chi connectivity index (χ4v) is 4.03. The van der Waals surface area contributed by atoms with Crippen LogP contribution in [0.2, 0.25) is 0 Å². The Balaban J connectivity index is 2.48. The highest BCUT2D eigenvalue weighted by molar-refractivity contribution is 14.1. The average molecular weight is 360 g/mol. The molecule has 96 valence electrons. The first-order chi connectivity index (χ1) is 8.97. The molecule has 0 atom stereocenters. The number of hydrogen-bond donors (Lipinski definition) is 0. The number of halogens is 1. The molecule has 0 saturated carbocycles. The van der Waals surface area contributed by atoms with E-state index in [9.17, 15) is 0 Å². The highest BCUT2D eigenvalue weighted by Crippen LogP contribution is 2.35. The van der Waals surface area contributed by atoms with Crippen LogP contribution in [0.25, 0.3) is 21.5 Å². The summed E-state index contributed by atoms with van der Waals surface area (Å²) in [5.41, 5.74) is 1.62. The van der Waals surface area contributed by atoms with E-state index in [-0.39, 0.29) is 5.41 Å². The topological polar surface area (TPSA) is 0 Å². The van der Waals surface area contributed by atoms with E-state index in [0.717, 1.165) is 0 Å². The first-order valence-electron chi connectivity index (χ1n) is 6.58. The van der Waals surface area contributed by atoms with E-state index in [4.69, 9.17) is 0 Å². The third-order valence-electron chi connectivity index (χ3n) is 3.59. The summed E-state index contributed by atoms with van der Waals surface area (Å²) in [4.78, 5) is 0. The second-order valence-corrected chi connectivity index (χ2v) is 7.26. The fourth-order valence-electron chi connectivity index (χ4n) is 2.75. The maximum Gasteiger partial charge on any atom is 0.0174 e. The molecule has 0 unspecified atom stereocenters. The smallest absolute Gasteiger partial charge is 0.0174 e. The van der Waals surface area contributed by atoms with E-state index < -0.39 is 0 Å². The van der Waals surface area contributed by atoms with Gasteiger partial charge in [-0.1, -0.05) is 51.1 Å². The average Bonchev–Trinajstić information content (AvgIpc) is 2.34. The van der Waals surface area contributed by atoms with Crippen molar-refractivity contribution in [1.82, 2.24) is 0 Å². The molecule has 0 aliphatic rings. The van der Waals surface area contributed by atoms with Gasteiger partial charge in [-0.05, 0) is 73.3 Å². The maximum atomic E-state index is 2.46. The lowest BCUT2D eigenvalue weighted by molar-refractivity contribution is 0.592. The summed E-state index contributed by atoms with van der Waals surface area (Å²) in [5.74, 6) is 0. The predicted octanol–water partition coefficient (Wildman–Crippen LogP) is 5.90. The lowest BCUT2D eigenvalue weighted by atomic mass is 9.83. The van der Waals surface area contributed by atoms with Crippen molar-refractivity contribution in [3.63, 3.8) is 0 Å². The van der Waals surface area contributed by atoms with E-state index in [2.05, 4.69) is 91.9 Å². The molecule has 0 amide bonds. The Morgan fingerprint density at radius 1 is 0.789 bits per heavy atom. The number of hydrogen-bond acceptors (Lipinski definition) is 0.